The number of benzene rings is 1. The zero-order valence-electron chi connectivity index (χ0n) is 22.4. The normalized spacial score (nSPS) is 10.8. The van der Waals surface area contributed by atoms with E-state index in [2.05, 4.69) is 46.2 Å². The number of aryl methyl sites for hydroxylation is 1. The number of hydrogen-bond donors (Lipinski definition) is 2. The molecule has 0 aliphatic carbocycles. The molecule has 2 aromatic rings. The number of amides is 1. The van der Waals surface area contributed by atoms with Crippen molar-refractivity contribution in [1.82, 2.24) is 20.4 Å². The fourth-order valence-corrected chi connectivity index (χ4v) is 3.79. The Morgan fingerprint density at radius 3 is 2.44 bits per heavy atom. The van der Waals surface area contributed by atoms with Crippen molar-refractivity contribution < 1.29 is 4.79 Å². The topological polar surface area (TPSA) is 95.1 Å². The summed E-state index contributed by atoms with van der Waals surface area (Å²) in [7, 11) is 3.68. The SMILES string of the molecule is C=Nc1c(C#N)cc(C/C(=C/C(=C)C(=O)NCc2nn(C)c(C)c2C=C(C)C)NC)cc1C=C(C)C. The first-order valence-electron chi connectivity index (χ1n) is 11.7. The monoisotopic (exact) mass is 484 g/mol. The van der Waals surface area contributed by atoms with Gasteiger partial charge >= 0.3 is 0 Å². The van der Waals surface area contributed by atoms with Crippen LogP contribution in [0.5, 0.6) is 0 Å². The fourth-order valence-electron chi connectivity index (χ4n) is 3.79. The van der Waals surface area contributed by atoms with Crippen LogP contribution in [0.3, 0.4) is 0 Å². The number of carbonyl (C=O) groups excluding carboxylic acids is 1. The molecule has 7 heteroatoms. The van der Waals surface area contributed by atoms with Gasteiger partial charge in [0.15, 0.2) is 0 Å². The van der Waals surface area contributed by atoms with E-state index < -0.39 is 0 Å². The number of aromatic nitrogens is 2. The summed E-state index contributed by atoms with van der Waals surface area (Å²) in [6.45, 7) is 17.9. The molecular formula is C29H36N6O. The molecule has 36 heavy (non-hydrogen) atoms. The van der Waals surface area contributed by atoms with Crippen LogP contribution in [-0.2, 0) is 24.8 Å². The molecule has 2 rings (SSSR count). The van der Waals surface area contributed by atoms with Gasteiger partial charge in [-0.15, -0.1) is 0 Å². The third-order valence-electron chi connectivity index (χ3n) is 5.58. The predicted octanol–water partition coefficient (Wildman–Crippen LogP) is 5.30. The Kier molecular flexibility index (Phi) is 9.74. The second-order valence-electron chi connectivity index (χ2n) is 9.17. The molecule has 0 saturated heterocycles. The number of aliphatic imine (C=N–C) groups is 1. The first-order valence-corrected chi connectivity index (χ1v) is 11.7. The van der Waals surface area contributed by atoms with E-state index in [9.17, 15) is 10.1 Å². The van der Waals surface area contributed by atoms with Gasteiger partial charge in [0.2, 0.25) is 0 Å². The number of likely N-dealkylation sites (N-methyl/N-ethyl adjacent to an activating group) is 1. The van der Waals surface area contributed by atoms with Gasteiger partial charge in [0.1, 0.15) is 6.07 Å². The molecule has 0 aliphatic heterocycles. The summed E-state index contributed by atoms with van der Waals surface area (Å²) in [6, 6.07) is 5.99. The summed E-state index contributed by atoms with van der Waals surface area (Å²) in [6.07, 6.45) is 6.26. The Bertz CT molecular complexity index is 1310. The summed E-state index contributed by atoms with van der Waals surface area (Å²) in [5, 5.41) is 20.2. The van der Waals surface area contributed by atoms with E-state index in [0.717, 1.165) is 44.9 Å². The quantitative estimate of drug-likeness (QED) is 0.272. The highest BCUT2D eigenvalue weighted by Gasteiger charge is 2.14. The zero-order valence-corrected chi connectivity index (χ0v) is 22.4. The lowest BCUT2D eigenvalue weighted by Crippen LogP contribution is -2.25. The number of carbonyl (C=O) groups is 1. The molecule has 0 fully saturated rings. The molecule has 1 heterocycles. The van der Waals surface area contributed by atoms with Crippen molar-refractivity contribution in [3.63, 3.8) is 0 Å². The van der Waals surface area contributed by atoms with Crippen LogP contribution in [-0.4, -0.2) is 29.5 Å². The minimum Gasteiger partial charge on any atom is -0.391 e. The number of rotatable bonds is 10. The van der Waals surface area contributed by atoms with Crippen LogP contribution < -0.4 is 10.6 Å². The summed E-state index contributed by atoms with van der Waals surface area (Å²) in [5.74, 6) is -0.275. The maximum absolute atomic E-state index is 12.8. The van der Waals surface area contributed by atoms with Crippen LogP contribution in [0.1, 0.15) is 61.3 Å². The van der Waals surface area contributed by atoms with E-state index in [-0.39, 0.29) is 5.91 Å². The highest BCUT2D eigenvalue weighted by Crippen LogP contribution is 2.28. The molecule has 0 radical (unpaired) electrons. The molecule has 0 bridgehead atoms. The minimum atomic E-state index is -0.275. The van der Waals surface area contributed by atoms with Gasteiger partial charge in [0.05, 0.1) is 23.5 Å². The summed E-state index contributed by atoms with van der Waals surface area (Å²) in [5.41, 5.74) is 9.01. The van der Waals surface area contributed by atoms with Gasteiger partial charge in [-0.25, -0.2) is 0 Å². The standard InChI is InChI=1S/C29H36N6O/c1-18(2)10-23-13-22(14-24(16-30)28(23)32-8)15-25(31-7)12-20(5)29(36)33-17-27-26(11-19(3)4)21(6)35(9)34-27/h10-14,31H,5,8,15,17H2,1-4,6-7,9H3,(H,33,36)/b25-12-. The number of allylic oxidation sites excluding steroid dienone is 3. The smallest absolute Gasteiger partial charge is 0.251 e. The van der Waals surface area contributed by atoms with Crippen LogP contribution >= 0.6 is 0 Å². The Labute approximate surface area is 214 Å². The van der Waals surface area contributed by atoms with Gasteiger partial charge in [-0.1, -0.05) is 29.9 Å². The summed E-state index contributed by atoms with van der Waals surface area (Å²) < 4.78 is 1.82. The zero-order chi connectivity index (χ0) is 27.0. The van der Waals surface area contributed by atoms with Crippen molar-refractivity contribution >= 4 is 30.5 Å². The molecule has 0 aliphatic rings. The van der Waals surface area contributed by atoms with Crippen molar-refractivity contribution in [2.45, 2.75) is 47.6 Å². The van der Waals surface area contributed by atoms with Crippen molar-refractivity contribution in [1.29, 1.82) is 5.26 Å². The molecule has 1 aromatic carbocycles. The van der Waals surface area contributed by atoms with E-state index in [0.29, 0.717) is 29.8 Å². The maximum atomic E-state index is 12.8. The molecule has 1 amide bonds. The Morgan fingerprint density at radius 2 is 1.89 bits per heavy atom. The average molecular weight is 485 g/mol. The first kappa shape index (κ1) is 28.1. The largest absolute Gasteiger partial charge is 0.391 e. The van der Waals surface area contributed by atoms with Gasteiger partial charge in [-0.2, -0.15) is 10.4 Å². The highest BCUT2D eigenvalue weighted by atomic mass is 16.1. The van der Waals surface area contributed by atoms with E-state index >= 15 is 0 Å². The lowest BCUT2D eigenvalue weighted by Gasteiger charge is -2.12. The molecule has 7 nitrogen and oxygen atoms in total. The number of nitrogens with one attached hydrogen (secondary N) is 2. The van der Waals surface area contributed by atoms with Crippen LogP contribution in [0, 0.1) is 18.3 Å². The van der Waals surface area contributed by atoms with Gasteiger partial charge < -0.3 is 10.6 Å². The van der Waals surface area contributed by atoms with Crippen molar-refractivity contribution in [3.8, 4) is 6.07 Å². The van der Waals surface area contributed by atoms with Crippen molar-refractivity contribution in [2.24, 2.45) is 12.0 Å². The van der Waals surface area contributed by atoms with Crippen molar-refractivity contribution in [2.75, 3.05) is 7.05 Å². The predicted molar refractivity (Wildman–Crippen MR) is 149 cm³/mol. The molecule has 188 valence electrons. The Hall–Kier alpha value is -4.18. The Morgan fingerprint density at radius 1 is 1.22 bits per heavy atom. The summed E-state index contributed by atoms with van der Waals surface area (Å²) >= 11 is 0. The van der Waals surface area contributed by atoms with Gasteiger partial charge in [-0.3, -0.25) is 14.5 Å². The maximum Gasteiger partial charge on any atom is 0.251 e. The molecule has 2 N–H and O–H groups in total. The Balaban J connectivity index is 2.23. The second-order valence-corrected chi connectivity index (χ2v) is 9.17. The second kappa shape index (κ2) is 12.5. The molecule has 0 spiro atoms. The lowest BCUT2D eigenvalue weighted by atomic mass is 9.98. The number of hydrogen-bond acceptors (Lipinski definition) is 5. The molecule has 0 atom stereocenters. The van der Waals surface area contributed by atoms with E-state index in [1.54, 1.807) is 19.2 Å². The van der Waals surface area contributed by atoms with E-state index in [4.69, 9.17) is 0 Å². The average Bonchev–Trinajstić information content (AvgIpc) is 3.08. The fraction of sp³-hybridized carbons (Fsp3) is 0.310. The molecule has 0 saturated carbocycles. The van der Waals surface area contributed by atoms with Gasteiger partial charge in [0.25, 0.3) is 5.91 Å². The number of nitrogens with zero attached hydrogens (tertiary/aromatic N) is 4. The van der Waals surface area contributed by atoms with Crippen LogP contribution in [0.2, 0.25) is 0 Å². The third-order valence-corrected chi connectivity index (χ3v) is 5.58. The van der Waals surface area contributed by atoms with Gasteiger partial charge in [-0.05, 0) is 65.1 Å². The third kappa shape index (κ3) is 7.16. The van der Waals surface area contributed by atoms with E-state index in [1.165, 1.54) is 0 Å². The summed E-state index contributed by atoms with van der Waals surface area (Å²) in [4.78, 5) is 16.9. The molecular weight excluding hydrogens is 448 g/mol. The van der Waals surface area contributed by atoms with Gasteiger partial charge in [0, 0.05) is 48.6 Å². The lowest BCUT2D eigenvalue weighted by molar-refractivity contribution is -0.117. The molecule has 0 unspecified atom stereocenters. The first-order chi connectivity index (χ1) is 17.0. The minimum absolute atomic E-state index is 0.275. The highest BCUT2D eigenvalue weighted by molar-refractivity contribution is 5.95. The van der Waals surface area contributed by atoms with Crippen LogP contribution in [0.4, 0.5) is 5.69 Å². The molecule has 1 aromatic heterocycles. The van der Waals surface area contributed by atoms with Crippen molar-refractivity contribution in [3.05, 3.63) is 80.8 Å². The van der Waals surface area contributed by atoms with E-state index in [1.807, 2.05) is 58.5 Å². The number of nitriles is 1. The van der Waals surface area contributed by atoms with Crippen LogP contribution in [0.25, 0.3) is 12.2 Å². The van der Waals surface area contributed by atoms with Crippen LogP contribution in [0.15, 0.2) is 52.2 Å².